The summed E-state index contributed by atoms with van der Waals surface area (Å²) in [6, 6.07) is 13.7. The van der Waals surface area contributed by atoms with Gasteiger partial charge in [-0.25, -0.2) is 13.1 Å². The fourth-order valence-electron chi connectivity index (χ4n) is 2.69. The van der Waals surface area contributed by atoms with E-state index in [1.807, 2.05) is 31.2 Å². The second-order valence-corrected chi connectivity index (χ2v) is 9.29. The monoisotopic (exact) mass is 388 g/mol. The molecule has 0 aromatic heterocycles. The minimum absolute atomic E-state index is 0.105. The van der Waals surface area contributed by atoms with Gasteiger partial charge in [-0.15, -0.1) is 0 Å². The van der Waals surface area contributed by atoms with Crippen LogP contribution in [0.15, 0.2) is 53.4 Å². The van der Waals surface area contributed by atoms with Crippen LogP contribution < -0.4 is 10.0 Å². The molecule has 0 atom stereocenters. The number of unbranched alkanes of at least 4 members (excludes halogenated alkanes) is 1. The van der Waals surface area contributed by atoms with Crippen LogP contribution in [-0.2, 0) is 15.4 Å². The van der Waals surface area contributed by atoms with Crippen molar-refractivity contribution in [1.82, 2.24) is 4.72 Å². The number of benzene rings is 2. The molecule has 2 rings (SSSR count). The molecule has 0 aliphatic carbocycles. The lowest BCUT2D eigenvalue weighted by molar-refractivity contribution is 0.102. The van der Waals surface area contributed by atoms with Crippen molar-refractivity contribution in [2.45, 2.75) is 50.8 Å². The molecular formula is C21H28N2O3S. The number of nitrogens with one attached hydrogen (secondary N) is 2. The first-order valence-electron chi connectivity index (χ1n) is 9.16. The van der Waals surface area contributed by atoms with Gasteiger partial charge in [-0.3, -0.25) is 4.79 Å². The van der Waals surface area contributed by atoms with Crippen molar-refractivity contribution < 1.29 is 13.2 Å². The second-order valence-electron chi connectivity index (χ2n) is 7.53. The van der Waals surface area contributed by atoms with Crippen molar-refractivity contribution >= 4 is 21.6 Å². The van der Waals surface area contributed by atoms with E-state index in [1.54, 1.807) is 0 Å². The molecule has 0 fully saturated rings. The van der Waals surface area contributed by atoms with E-state index in [1.165, 1.54) is 24.3 Å². The quantitative estimate of drug-likeness (QED) is 0.694. The van der Waals surface area contributed by atoms with Gasteiger partial charge in [0, 0.05) is 17.8 Å². The second kappa shape index (κ2) is 8.67. The van der Waals surface area contributed by atoms with Crippen LogP contribution in [0.5, 0.6) is 0 Å². The molecule has 2 N–H and O–H groups in total. The number of para-hydroxylation sites is 1. The van der Waals surface area contributed by atoms with Crippen LogP contribution in [0.3, 0.4) is 0 Å². The summed E-state index contributed by atoms with van der Waals surface area (Å²) in [4.78, 5) is 12.7. The zero-order valence-corrected chi connectivity index (χ0v) is 17.2. The Morgan fingerprint density at radius 2 is 1.63 bits per heavy atom. The Kier molecular flexibility index (Phi) is 6.78. The van der Waals surface area contributed by atoms with Crippen molar-refractivity contribution in [1.29, 1.82) is 0 Å². The third-order valence-corrected chi connectivity index (χ3v) is 5.71. The first-order chi connectivity index (χ1) is 12.6. The van der Waals surface area contributed by atoms with Gasteiger partial charge in [0.05, 0.1) is 4.90 Å². The van der Waals surface area contributed by atoms with Crippen LogP contribution in [0.4, 0.5) is 5.69 Å². The molecule has 0 unspecified atom stereocenters. The minimum Gasteiger partial charge on any atom is -0.322 e. The molecule has 146 valence electrons. The van der Waals surface area contributed by atoms with Gasteiger partial charge in [-0.05, 0) is 47.7 Å². The molecule has 5 nitrogen and oxygen atoms in total. The number of amides is 1. The number of hydrogen-bond donors (Lipinski definition) is 2. The van der Waals surface area contributed by atoms with Crippen LogP contribution in [0.25, 0.3) is 0 Å². The van der Waals surface area contributed by atoms with E-state index in [9.17, 15) is 13.2 Å². The first kappa shape index (κ1) is 21.1. The Morgan fingerprint density at radius 1 is 1.00 bits per heavy atom. The third kappa shape index (κ3) is 5.65. The van der Waals surface area contributed by atoms with Crippen molar-refractivity contribution in [3.63, 3.8) is 0 Å². The van der Waals surface area contributed by atoms with Crippen molar-refractivity contribution in [3.8, 4) is 0 Å². The summed E-state index contributed by atoms with van der Waals surface area (Å²) in [5.41, 5.74) is 2.10. The smallest absolute Gasteiger partial charge is 0.255 e. The Labute approximate surface area is 162 Å². The normalized spacial score (nSPS) is 12.0. The van der Waals surface area contributed by atoms with Gasteiger partial charge in [0.1, 0.15) is 0 Å². The van der Waals surface area contributed by atoms with Gasteiger partial charge in [0.2, 0.25) is 10.0 Å². The van der Waals surface area contributed by atoms with E-state index >= 15 is 0 Å². The van der Waals surface area contributed by atoms with Gasteiger partial charge in [-0.1, -0.05) is 52.3 Å². The lowest BCUT2D eigenvalue weighted by atomic mass is 9.86. The van der Waals surface area contributed by atoms with Gasteiger partial charge < -0.3 is 5.32 Å². The summed E-state index contributed by atoms with van der Waals surface area (Å²) < 4.78 is 27.0. The molecule has 0 radical (unpaired) electrons. The number of anilines is 1. The maximum absolute atomic E-state index is 12.6. The average Bonchev–Trinajstić information content (AvgIpc) is 2.61. The first-order valence-corrected chi connectivity index (χ1v) is 10.6. The Bertz CT molecular complexity index is 882. The van der Waals surface area contributed by atoms with Gasteiger partial charge in [0.15, 0.2) is 0 Å². The average molecular weight is 389 g/mol. The van der Waals surface area contributed by atoms with E-state index in [2.05, 4.69) is 30.8 Å². The highest BCUT2D eigenvalue weighted by atomic mass is 32.2. The highest BCUT2D eigenvalue weighted by molar-refractivity contribution is 7.89. The van der Waals surface area contributed by atoms with E-state index in [0.29, 0.717) is 12.1 Å². The summed E-state index contributed by atoms with van der Waals surface area (Å²) in [5.74, 6) is -0.269. The molecule has 0 saturated carbocycles. The Hall–Kier alpha value is -2.18. The summed E-state index contributed by atoms with van der Waals surface area (Å²) in [7, 11) is -3.54. The minimum atomic E-state index is -3.54. The molecule has 0 aliphatic rings. The molecule has 2 aromatic rings. The highest BCUT2D eigenvalue weighted by Gasteiger charge is 2.19. The van der Waals surface area contributed by atoms with E-state index in [-0.39, 0.29) is 16.2 Å². The van der Waals surface area contributed by atoms with Crippen LogP contribution in [-0.4, -0.2) is 20.9 Å². The third-order valence-electron chi connectivity index (χ3n) is 4.23. The number of carbonyl (C=O) groups excluding carboxylic acids is 1. The largest absolute Gasteiger partial charge is 0.322 e. The fraction of sp³-hybridized carbons (Fsp3) is 0.381. The van der Waals surface area contributed by atoms with Crippen LogP contribution in [0.2, 0.25) is 0 Å². The zero-order valence-electron chi connectivity index (χ0n) is 16.4. The number of rotatable bonds is 7. The number of hydrogen-bond acceptors (Lipinski definition) is 3. The zero-order chi connectivity index (χ0) is 20.1. The summed E-state index contributed by atoms with van der Waals surface area (Å²) in [6.07, 6.45) is 1.70. The molecule has 0 spiro atoms. The standard InChI is InChI=1S/C21H28N2O3S/c1-5-6-15-22-27(25,26)17-13-11-16(12-14-17)20(24)23-19-10-8-7-9-18(19)21(2,3)4/h7-14,22H,5-6,15H2,1-4H3,(H,23,24). The molecule has 0 aliphatic heterocycles. The van der Waals surface area contributed by atoms with Gasteiger partial charge in [0.25, 0.3) is 5.91 Å². The van der Waals surface area contributed by atoms with Crippen LogP contribution >= 0.6 is 0 Å². The topological polar surface area (TPSA) is 75.3 Å². The predicted molar refractivity (Wildman–Crippen MR) is 110 cm³/mol. The lowest BCUT2D eigenvalue weighted by Gasteiger charge is -2.23. The SMILES string of the molecule is CCCCNS(=O)(=O)c1ccc(C(=O)Nc2ccccc2C(C)(C)C)cc1. The van der Waals surface area contributed by atoms with E-state index in [0.717, 1.165) is 24.1 Å². The molecule has 2 aromatic carbocycles. The van der Waals surface area contributed by atoms with Crippen LogP contribution in [0.1, 0.15) is 56.5 Å². The summed E-state index contributed by atoms with van der Waals surface area (Å²) >= 11 is 0. The molecule has 0 saturated heterocycles. The lowest BCUT2D eigenvalue weighted by Crippen LogP contribution is -2.24. The summed E-state index contributed by atoms with van der Waals surface area (Å²) in [6.45, 7) is 8.67. The Balaban J connectivity index is 2.15. The van der Waals surface area contributed by atoms with E-state index in [4.69, 9.17) is 0 Å². The molecule has 6 heteroatoms. The Morgan fingerprint density at radius 3 is 2.22 bits per heavy atom. The van der Waals surface area contributed by atoms with Crippen LogP contribution in [0, 0.1) is 0 Å². The molecular weight excluding hydrogens is 360 g/mol. The molecule has 27 heavy (non-hydrogen) atoms. The van der Waals surface area contributed by atoms with Crippen molar-refractivity contribution in [3.05, 3.63) is 59.7 Å². The van der Waals surface area contributed by atoms with E-state index < -0.39 is 10.0 Å². The maximum atomic E-state index is 12.6. The van der Waals surface area contributed by atoms with Crippen molar-refractivity contribution in [2.75, 3.05) is 11.9 Å². The number of sulfonamides is 1. The maximum Gasteiger partial charge on any atom is 0.255 e. The highest BCUT2D eigenvalue weighted by Crippen LogP contribution is 2.29. The molecule has 0 heterocycles. The fourth-order valence-corrected chi connectivity index (χ4v) is 3.77. The van der Waals surface area contributed by atoms with Crippen molar-refractivity contribution in [2.24, 2.45) is 0 Å². The van der Waals surface area contributed by atoms with Gasteiger partial charge >= 0.3 is 0 Å². The summed E-state index contributed by atoms with van der Waals surface area (Å²) in [5, 5.41) is 2.93. The van der Waals surface area contributed by atoms with Gasteiger partial charge in [-0.2, -0.15) is 0 Å². The molecule has 1 amide bonds. The molecule has 0 bridgehead atoms. The number of carbonyl (C=O) groups is 1. The predicted octanol–water partition coefficient (Wildman–Crippen LogP) is 4.31.